The maximum Gasteiger partial charge on any atom is 0.140 e. The number of aromatic hydroxyl groups is 6. The number of hydrogen-bond donors (Lipinski definition) is 6. The number of hydrogen-bond acceptors (Lipinski definition) is 12. The molecule has 3 aliphatic heterocycles. The van der Waals surface area contributed by atoms with Gasteiger partial charge in [-0.1, -0.05) is 0 Å². The third kappa shape index (κ3) is 7.12. The summed E-state index contributed by atoms with van der Waals surface area (Å²) in [6, 6.07) is 0. The maximum absolute atomic E-state index is 10.9. The summed E-state index contributed by atoms with van der Waals surface area (Å²) in [6.45, 7) is 2.24. The highest BCUT2D eigenvalue weighted by Gasteiger charge is 2.22. The van der Waals surface area contributed by atoms with Gasteiger partial charge in [-0.15, -0.1) is 0 Å². The number of nitrogens with zero attached hydrogens (tertiary/aromatic N) is 6. The van der Waals surface area contributed by atoms with Crippen LogP contribution in [0.25, 0.3) is 0 Å². The van der Waals surface area contributed by atoms with Gasteiger partial charge in [0.25, 0.3) is 0 Å². The summed E-state index contributed by atoms with van der Waals surface area (Å²) in [5.74, 6) is -2.01. The van der Waals surface area contributed by atoms with Crippen LogP contribution in [0.3, 0.4) is 0 Å². The molecule has 0 saturated carbocycles. The van der Waals surface area contributed by atoms with Crippen molar-refractivity contribution < 1.29 is 30.6 Å². The largest absolute Gasteiger partial charge is 0.506 e. The first-order chi connectivity index (χ1) is 20.4. The number of phenols is 6. The van der Waals surface area contributed by atoms with E-state index in [1.54, 1.807) is 0 Å². The summed E-state index contributed by atoms with van der Waals surface area (Å²) in [4.78, 5) is 26.1. The van der Waals surface area contributed by atoms with Crippen molar-refractivity contribution in [3.63, 3.8) is 0 Å². The number of benzene rings is 2. The zero-order valence-electron chi connectivity index (χ0n) is 23.3. The molecule has 2 aromatic carbocycles. The number of phenolic OH excluding ortho intramolecular Hbond substituents is 6. The summed E-state index contributed by atoms with van der Waals surface area (Å²) in [6.07, 6.45) is 11.9. The molecule has 0 radical (unpaired) electrons. The molecule has 2 aromatic rings. The summed E-state index contributed by atoms with van der Waals surface area (Å²) in [7, 11) is 0. The fourth-order valence-electron chi connectivity index (χ4n) is 4.43. The predicted molar refractivity (Wildman–Crippen MR) is 165 cm³/mol. The van der Waals surface area contributed by atoms with Gasteiger partial charge in [0.1, 0.15) is 34.5 Å². The predicted octanol–water partition coefficient (Wildman–Crippen LogP) is 3.50. The molecule has 6 N–H and O–H groups in total. The van der Waals surface area contributed by atoms with Gasteiger partial charge in [0.15, 0.2) is 0 Å². The van der Waals surface area contributed by atoms with Crippen molar-refractivity contribution in [2.75, 3.05) is 39.3 Å². The van der Waals surface area contributed by atoms with Crippen molar-refractivity contribution in [3.05, 3.63) is 33.4 Å². The van der Waals surface area contributed by atoms with E-state index in [2.05, 4.69) is 30.0 Å². The Balaban J connectivity index is 1.80. The lowest BCUT2D eigenvalue weighted by atomic mass is 10.0. The van der Waals surface area contributed by atoms with Gasteiger partial charge in [-0.2, -0.15) is 0 Å². The molecular formula is C30H36N6O6. The van der Waals surface area contributed by atoms with Crippen molar-refractivity contribution in [1.82, 2.24) is 0 Å². The van der Waals surface area contributed by atoms with Gasteiger partial charge in [-0.25, -0.2) is 0 Å². The molecule has 6 bridgehead atoms. The zero-order chi connectivity index (χ0) is 29.9. The molecule has 0 spiro atoms. The lowest BCUT2D eigenvalue weighted by Crippen LogP contribution is -2.00. The Morgan fingerprint density at radius 1 is 0.286 bits per heavy atom. The molecular weight excluding hydrogens is 540 g/mol. The van der Waals surface area contributed by atoms with Crippen LogP contribution >= 0.6 is 0 Å². The Hall–Kier alpha value is -4.74. The van der Waals surface area contributed by atoms with Gasteiger partial charge >= 0.3 is 0 Å². The van der Waals surface area contributed by atoms with Gasteiger partial charge in [0.05, 0.1) is 33.4 Å². The van der Waals surface area contributed by atoms with Crippen molar-refractivity contribution in [2.24, 2.45) is 30.0 Å². The van der Waals surface area contributed by atoms with E-state index in [0.29, 0.717) is 77.8 Å². The van der Waals surface area contributed by atoms with Crippen molar-refractivity contribution >= 4 is 37.3 Å². The molecule has 222 valence electrons. The third-order valence-electron chi connectivity index (χ3n) is 6.86. The molecule has 12 nitrogen and oxygen atoms in total. The average molecular weight is 577 g/mol. The zero-order valence-corrected chi connectivity index (χ0v) is 23.3. The molecule has 3 aliphatic rings. The van der Waals surface area contributed by atoms with Gasteiger partial charge in [0, 0.05) is 76.6 Å². The number of aliphatic imine (C=N–C) groups is 6. The Bertz CT molecular complexity index is 1140. The second-order valence-electron chi connectivity index (χ2n) is 9.91. The smallest absolute Gasteiger partial charge is 0.140 e. The van der Waals surface area contributed by atoms with Crippen LogP contribution in [0, 0.1) is 0 Å². The van der Waals surface area contributed by atoms with E-state index in [1.807, 2.05) is 0 Å². The lowest BCUT2D eigenvalue weighted by molar-refractivity contribution is 0.423. The number of rotatable bonds is 0. The van der Waals surface area contributed by atoms with Gasteiger partial charge < -0.3 is 30.6 Å². The fourth-order valence-corrected chi connectivity index (χ4v) is 4.43. The minimum atomic E-state index is -0.335. The molecule has 0 atom stereocenters. The Labute approximate surface area is 243 Å². The van der Waals surface area contributed by atoms with Crippen LogP contribution in [-0.4, -0.2) is 107 Å². The summed E-state index contributed by atoms with van der Waals surface area (Å²) >= 11 is 0. The Kier molecular flexibility index (Phi) is 10.6. The quantitative estimate of drug-likeness (QED) is 0.277. The highest BCUT2D eigenvalue weighted by atomic mass is 16.3. The molecule has 12 heteroatoms. The SMILES string of the molecule is Oc1c2c(O)c3c(O)c1C=NCCCCN=Cc1c(O)c(c(O)c(c1O)C=NCCCCN=C3)C=NCCCCN=C2. The van der Waals surface area contributed by atoms with E-state index in [-0.39, 0.29) is 67.9 Å². The highest BCUT2D eigenvalue weighted by Crippen LogP contribution is 2.40. The van der Waals surface area contributed by atoms with Gasteiger partial charge in [-0.05, 0) is 38.5 Å². The van der Waals surface area contributed by atoms with E-state index >= 15 is 0 Å². The van der Waals surface area contributed by atoms with Gasteiger partial charge in [0.2, 0.25) is 0 Å². The topological polar surface area (TPSA) is 196 Å². The van der Waals surface area contributed by atoms with Crippen LogP contribution in [0.2, 0.25) is 0 Å². The minimum absolute atomic E-state index is 0.0616. The summed E-state index contributed by atoms with van der Waals surface area (Å²) in [5.41, 5.74) is 0.370. The van der Waals surface area contributed by atoms with Gasteiger partial charge in [-0.3, -0.25) is 30.0 Å². The van der Waals surface area contributed by atoms with E-state index in [9.17, 15) is 30.6 Å². The fraction of sp³-hybridized carbons (Fsp3) is 0.400. The van der Waals surface area contributed by atoms with E-state index in [4.69, 9.17) is 0 Å². The Morgan fingerprint density at radius 2 is 0.429 bits per heavy atom. The number of fused-ring (bicyclic) bond motifs is 15. The van der Waals surface area contributed by atoms with Crippen LogP contribution in [0.15, 0.2) is 30.0 Å². The van der Waals surface area contributed by atoms with E-state index < -0.39 is 0 Å². The molecule has 0 unspecified atom stereocenters. The average Bonchev–Trinajstić information content (AvgIpc) is 2.97. The summed E-state index contributed by atoms with van der Waals surface area (Å²) in [5, 5.41) is 65.4. The third-order valence-corrected chi connectivity index (χ3v) is 6.86. The van der Waals surface area contributed by atoms with E-state index in [1.165, 1.54) is 37.3 Å². The van der Waals surface area contributed by atoms with Crippen molar-refractivity contribution in [3.8, 4) is 34.5 Å². The molecule has 5 rings (SSSR count). The molecule has 0 aliphatic carbocycles. The van der Waals surface area contributed by atoms with Crippen molar-refractivity contribution in [2.45, 2.75) is 38.5 Å². The van der Waals surface area contributed by atoms with Crippen LogP contribution in [-0.2, 0) is 0 Å². The van der Waals surface area contributed by atoms with E-state index in [0.717, 1.165) is 0 Å². The molecule has 3 heterocycles. The molecule has 0 saturated heterocycles. The Morgan fingerprint density at radius 3 is 0.571 bits per heavy atom. The highest BCUT2D eigenvalue weighted by molar-refractivity contribution is 6.04. The second-order valence-corrected chi connectivity index (χ2v) is 9.91. The molecule has 0 fully saturated rings. The van der Waals surface area contributed by atoms with Crippen molar-refractivity contribution in [1.29, 1.82) is 0 Å². The first-order valence-electron chi connectivity index (χ1n) is 14.0. The lowest BCUT2D eigenvalue weighted by Gasteiger charge is -2.13. The summed E-state index contributed by atoms with van der Waals surface area (Å²) < 4.78 is 0. The molecule has 0 aromatic heterocycles. The van der Waals surface area contributed by atoms with Crippen LogP contribution in [0.4, 0.5) is 0 Å². The standard InChI is InChI=1S/C30H36N6O6/c37-25-19-13-31-7-1-2-8-32-14-20-27(39)23-17-35-11-5-3-9-33-15-21(25)29(41)22(26(19)38)16-34-10-4-6-12-36-18-24(28(20)40)30(23)42/h13-18,37-42H,1-12H2. The first-order valence-corrected chi connectivity index (χ1v) is 14.0. The normalized spacial score (nSPS) is 16.9. The van der Waals surface area contributed by atoms with Crippen LogP contribution in [0.1, 0.15) is 71.9 Å². The first kappa shape index (κ1) is 30.2. The minimum Gasteiger partial charge on any atom is -0.506 e. The maximum atomic E-state index is 10.9. The van der Waals surface area contributed by atoms with Crippen LogP contribution in [0.5, 0.6) is 34.5 Å². The second kappa shape index (κ2) is 14.8. The molecule has 0 amide bonds. The van der Waals surface area contributed by atoms with Crippen LogP contribution < -0.4 is 0 Å². The monoisotopic (exact) mass is 576 g/mol. The molecule has 42 heavy (non-hydrogen) atoms.